The highest BCUT2D eigenvalue weighted by Gasteiger charge is 2.19. The first-order valence-corrected chi connectivity index (χ1v) is 7.95. The van der Waals surface area contributed by atoms with Crippen LogP contribution in [0.1, 0.15) is 36.7 Å². The molecule has 1 amide bonds. The number of carbonyl (C=O) groups is 1. The van der Waals surface area contributed by atoms with Crippen LogP contribution in [0.25, 0.3) is 0 Å². The Hall–Kier alpha value is -1.11. The first-order valence-electron chi connectivity index (χ1n) is 6.03. The van der Waals surface area contributed by atoms with Crippen molar-refractivity contribution in [1.29, 1.82) is 0 Å². The lowest BCUT2D eigenvalue weighted by molar-refractivity contribution is 0.0938. The van der Waals surface area contributed by atoms with E-state index in [9.17, 15) is 13.2 Å². The SMILES string of the molecule is Cc1c(Cl)cc(S(N)(=O)=O)cc1C(=O)NCC(C)(C)C. The second-order valence-corrected chi connectivity index (χ2v) is 7.83. The average Bonchev–Trinajstić information content (AvgIpc) is 2.27. The molecule has 0 aliphatic carbocycles. The number of primary sulfonamides is 1. The number of sulfonamides is 1. The van der Waals surface area contributed by atoms with E-state index >= 15 is 0 Å². The number of nitrogens with one attached hydrogen (secondary N) is 1. The number of benzene rings is 1. The molecule has 0 bridgehead atoms. The first-order chi connectivity index (χ1) is 8.92. The van der Waals surface area contributed by atoms with Crippen LogP contribution in [0.2, 0.25) is 5.02 Å². The topological polar surface area (TPSA) is 89.3 Å². The van der Waals surface area contributed by atoms with Gasteiger partial charge in [-0.1, -0.05) is 32.4 Å². The number of amides is 1. The average molecular weight is 319 g/mol. The number of carbonyl (C=O) groups excluding carboxylic acids is 1. The van der Waals surface area contributed by atoms with Crippen LogP contribution in [0.4, 0.5) is 0 Å². The van der Waals surface area contributed by atoms with Gasteiger partial charge in [-0.15, -0.1) is 0 Å². The molecule has 20 heavy (non-hydrogen) atoms. The highest BCUT2D eigenvalue weighted by molar-refractivity contribution is 7.89. The molecule has 0 aliphatic heterocycles. The molecule has 0 saturated heterocycles. The molecule has 1 aromatic carbocycles. The van der Waals surface area contributed by atoms with Gasteiger partial charge in [-0.05, 0) is 30.0 Å². The van der Waals surface area contributed by atoms with Crippen molar-refractivity contribution in [3.63, 3.8) is 0 Å². The second-order valence-electron chi connectivity index (χ2n) is 5.87. The Morgan fingerprint density at radius 2 is 1.90 bits per heavy atom. The van der Waals surface area contributed by atoms with Crippen molar-refractivity contribution < 1.29 is 13.2 Å². The molecule has 0 atom stereocenters. The van der Waals surface area contributed by atoms with Gasteiger partial charge in [-0.2, -0.15) is 0 Å². The van der Waals surface area contributed by atoms with Crippen LogP contribution in [-0.4, -0.2) is 20.9 Å². The Kier molecular flexibility index (Phi) is 4.84. The number of hydrogen-bond acceptors (Lipinski definition) is 3. The third-order valence-corrected chi connectivity index (χ3v) is 3.96. The summed E-state index contributed by atoms with van der Waals surface area (Å²) in [4.78, 5) is 12.0. The van der Waals surface area contributed by atoms with Crippen LogP contribution < -0.4 is 10.5 Å². The summed E-state index contributed by atoms with van der Waals surface area (Å²) in [5.41, 5.74) is 0.654. The molecule has 0 spiro atoms. The van der Waals surface area contributed by atoms with E-state index in [1.807, 2.05) is 20.8 Å². The minimum absolute atomic E-state index is 0.0785. The normalized spacial score (nSPS) is 12.3. The number of nitrogens with two attached hydrogens (primary N) is 1. The predicted molar refractivity (Wildman–Crippen MR) is 79.4 cm³/mol. The van der Waals surface area contributed by atoms with Crippen LogP contribution in [0.5, 0.6) is 0 Å². The maximum Gasteiger partial charge on any atom is 0.251 e. The third kappa shape index (κ3) is 4.47. The van der Waals surface area contributed by atoms with Gasteiger partial charge in [0.25, 0.3) is 5.91 Å². The molecule has 0 aromatic heterocycles. The zero-order valence-electron chi connectivity index (χ0n) is 12.0. The summed E-state index contributed by atoms with van der Waals surface area (Å²) in [5, 5.41) is 8.01. The summed E-state index contributed by atoms with van der Waals surface area (Å²) < 4.78 is 22.8. The summed E-state index contributed by atoms with van der Waals surface area (Å²) >= 11 is 5.96. The maximum absolute atomic E-state index is 12.1. The molecule has 0 saturated carbocycles. The minimum atomic E-state index is -3.91. The van der Waals surface area contributed by atoms with Gasteiger partial charge >= 0.3 is 0 Å². The zero-order chi connectivity index (χ0) is 15.7. The van der Waals surface area contributed by atoms with Crippen molar-refractivity contribution in [3.05, 3.63) is 28.3 Å². The van der Waals surface area contributed by atoms with E-state index in [0.717, 1.165) is 0 Å². The highest BCUT2D eigenvalue weighted by Crippen LogP contribution is 2.24. The summed E-state index contributed by atoms with van der Waals surface area (Å²) in [7, 11) is -3.91. The third-order valence-electron chi connectivity index (χ3n) is 2.67. The smallest absolute Gasteiger partial charge is 0.251 e. The predicted octanol–water partition coefficient (Wildman–Crippen LogP) is 2.07. The minimum Gasteiger partial charge on any atom is -0.352 e. The fourth-order valence-electron chi connectivity index (χ4n) is 1.49. The summed E-state index contributed by atoms with van der Waals surface area (Å²) in [6.07, 6.45) is 0. The van der Waals surface area contributed by atoms with E-state index in [4.69, 9.17) is 16.7 Å². The first kappa shape index (κ1) is 16.9. The number of halogens is 1. The maximum atomic E-state index is 12.1. The molecular formula is C13H19ClN2O3S. The van der Waals surface area contributed by atoms with Gasteiger partial charge < -0.3 is 5.32 Å². The van der Waals surface area contributed by atoms with Crippen LogP contribution >= 0.6 is 11.6 Å². The van der Waals surface area contributed by atoms with Crippen molar-refractivity contribution in [2.75, 3.05) is 6.54 Å². The fourth-order valence-corrected chi connectivity index (χ4v) is 2.34. The largest absolute Gasteiger partial charge is 0.352 e. The van der Waals surface area contributed by atoms with E-state index in [0.29, 0.717) is 12.1 Å². The van der Waals surface area contributed by atoms with E-state index in [1.54, 1.807) is 6.92 Å². The van der Waals surface area contributed by atoms with Crippen LogP contribution in [0, 0.1) is 12.3 Å². The van der Waals surface area contributed by atoms with E-state index in [1.165, 1.54) is 12.1 Å². The molecular weight excluding hydrogens is 300 g/mol. The zero-order valence-corrected chi connectivity index (χ0v) is 13.5. The van der Waals surface area contributed by atoms with Gasteiger partial charge in [0.1, 0.15) is 0 Å². The van der Waals surface area contributed by atoms with Crippen molar-refractivity contribution in [3.8, 4) is 0 Å². The molecule has 7 heteroatoms. The van der Waals surface area contributed by atoms with Gasteiger partial charge in [0.15, 0.2) is 0 Å². The van der Waals surface area contributed by atoms with Gasteiger partial charge in [-0.3, -0.25) is 4.79 Å². The second kappa shape index (κ2) is 5.71. The van der Waals surface area contributed by atoms with Crippen molar-refractivity contribution in [2.45, 2.75) is 32.6 Å². The highest BCUT2D eigenvalue weighted by atomic mass is 35.5. The fraction of sp³-hybridized carbons (Fsp3) is 0.462. The Balaban J connectivity index is 3.18. The molecule has 1 aromatic rings. The molecule has 0 unspecified atom stereocenters. The Bertz CT molecular complexity index is 634. The van der Waals surface area contributed by atoms with E-state index in [-0.39, 0.29) is 26.8 Å². The van der Waals surface area contributed by atoms with Gasteiger partial charge in [0, 0.05) is 17.1 Å². The Labute approximate surface area is 124 Å². The molecule has 0 aliphatic rings. The Morgan fingerprint density at radius 3 is 2.35 bits per heavy atom. The summed E-state index contributed by atoms with van der Waals surface area (Å²) in [6.45, 7) is 8.05. The van der Waals surface area contributed by atoms with Gasteiger partial charge in [0.05, 0.1) is 4.90 Å². The summed E-state index contributed by atoms with van der Waals surface area (Å²) in [5.74, 6) is -0.371. The monoisotopic (exact) mass is 318 g/mol. The lowest BCUT2D eigenvalue weighted by Gasteiger charge is -2.19. The molecule has 112 valence electrons. The molecule has 1 rings (SSSR count). The molecule has 0 radical (unpaired) electrons. The molecule has 0 heterocycles. The van der Waals surface area contributed by atoms with E-state index in [2.05, 4.69) is 5.32 Å². The molecule has 5 nitrogen and oxygen atoms in total. The Morgan fingerprint density at radius 1 is 1.35 bits per heavy atom. The molecule has 0 fully saturated rings. The van der Waals surface area contributed by atoms with Gasteiger partial charge in [0.2, 0.25) is 10.0 Å². The quantitative estimate of drug-likeness (QED) is 0.894. The molecule has 3 N–H and O–H groups in total. The van der Waals surface area contributed by atoms with Crippen molar-refractivity contribution in [1.82, 2.24) is 5.32 Å². The summed E-state index contributed by atoms with van der Waals surface area (Å²) in [6, 6.07) is 2.49. The number of hydrogen-bond donors (Lipinski definition) is 2. The van der Waals surface area contributed by atoms with Crippen molar-refractivity contribution >= 4 is 27.5 Å². The van der Waals surface area contributed by atoms with Crippen LogP contribution in [-0.2, 0) is 10.0 Å². The lowest BCUT2D eigenvalue weighted by Crippen LogP contribution is -2.32. The van der Waals surface area contributed by atoms with E-state index < -0.39 is 10.0 Å². The van der Waals surface area contributed by atoms with Crippen LogP contribution in [0.15, 0.2) is 17.0 Å². The standard InChI is InChI=1S/C13H19ClN2O3S/c1-8-10(12(17)16-7-13(2,3)4)5-9(6-11(8)14)20(15,18)19/h5-6H,7H2,1-4H3,(H,16,17)(H2,15,18,19). The lowest BCUT2D eigenvalue weighted by atomic mass is 9.96. The van der Waals surface area contributed by atoms with Crippen molar-refractivity contribution in [2.24, 2.45) is 10.6 Å². The number of rotatable bonds is 3. The van der Waals surface area contributed by atoms with Gasteiger partial charge in [-0.25, -0.2) is 13.6 Å². The van der Waals surface area contributed by atoms with Crippen LogP contribution in [0.3, 0.4) is 0 Å².